The molecule has 118 valence electrons. The van der Waals surface area contributed by atoms with Gasteiger partial charge in [0, 0.05) is 17.8 Å². The highest BCUT2D eigenvalue weighted by atomic mass is 79.9. The minimum atomic E-state index is -0.143. The molecular weight excluding hydrogens is 330 g/mol. The predicted octanol–water partition coefficient (Wildman–Crippen LogP) is 4.02. The van der Waals surface area contributed by atoms with Gasteiger partial charge in [-0.15, -0.1) is 0 Å². The molecule has 1 aromatic carbocycles. The van der Waals surface area contributed by atoms with E-state index in [4.69, 9.17) is 15.2 Å². The molecule has 4 atom stereocenters. The lowest BCUT2D eigenvalue weighted by atomic mass is 10.0. The molecule has 2 N–H and O–H groups in total. The molecule has 0 aromatic heterocycles. The Kier molecular flexibility index (Phi) is 6.68. The van der Waals surface area contributed by atoms with Crippen LogP contribution in [0.25, 0.3) is 0 Å². The molecule has 1 heterocycles. The highest BCUT2D eigenvalue weighted by Crippen LogP contribution is 2.32. The van der Waals surface area contributed by atoms with Gasteiger partial charge in [0.2, 0.25) is 0 Å². The van der Waals surface area contributed by atoms with Crippen molar-refractivity contribution in [2.75, 3.05) is 6.54 Å². The fourth-order valence-corrected chi connectivity index (χ4v) is 3.86. The Hall–Kier alpha value is -0.420. The fraction of sp³-hybridized carbons (Fsp3) is 0.647. The first kappa shape index (κ1) is 16.9. The molecule has 3 nitrogen and oxygen atoms in total. The van der Waals surface area contributed by atoms with Crippen molar-refractivity contribution in [3.8, 4) is 0 Å². The number of halogens is 1. The summed E-state index contributed by atoms with van der Waals surface area (Å²) in [6.07, 6.45) is 3.11. The maximum absolute atomic E-state index is 6.06. The van der Waals surface area contributed by atoms with Gasteiger partial charge in [0.1, 0.15) is 0 Å². The van der Waals surface area contributed by atoms with Crippen LogP contribution in [0.2, 0.25) is 0 Å². The Labute approximate surface area is 136 Å². The van der Waals surface area contributed by atoms with Crippen LogP contribution in [-0.4, -0.2) is 23.8 Å². The van der Waals surface area contributed by atoms with Crippen LogP contribution in [0, 0.1) is 5.92 Å². The van der Waals surface area contributed by atoms with Gasteiger partial charge in [0.05, 0.1) is 12.2 Å². The summed E-state index contributed by atoms with van der Waals surface area (Å²) in [5.74, 6) is 0.666. The molecule has 2 rings (SSSR count). The summed E-state index contributed by atoms with van der Waals surface area (Å²) in [5.41, 5.74) is 6.97. The van der Waals surface area contributed by atoms with E-state index in [0.717, 1.165) is 24.8 Å². The predicted molar refractivity (Wildman–Crippen MR) is 89.4 cm³/mol. The molecular formula is C17H26BrNO2. The molecule has 0 bridgehead atoms. The normalized spacial score (nSPS) is 25.2. The third kappa shape index (κ3) is 5.06. The Morgan fingerprint density at radius 1 is 1.29 bits per heavy atom. The number of benzene rings is 1. The molecule has 0 aliphatic carbocycles. The number of nitrogens with two attached hydrogens (primary N) is 1. The smallest absolute Gasteiger partial charge is 0.159 e. The van der Waals surface area contributed by atoms with Crippen molar-refractivity contribution in [3.05, 3.63) is 35.9 Å². The first-order valence-electron chi connectivity index (χ1n) is 7.80. The number of rotatable bonds is 7. The van der Waals surface area contributed by atoms with Crippen LogP contribution in [0.4, 0.5) is 0 Å². The second-order valence-electron chi connectivity index (χ2n) is 6.10. The second-order valence-corrected chi connectivity index (χ2v) is 7.27. The van der Waals surface area contributed by atoms with Crippen molar-refractivity contribution in [1.29, 1.82) is 0 Å². The summed E-state index contributed by atoms with van der Waals surface area (Å²) in [6.45, 7) is 4.94. The third-order valence-corrected chi connectivity index (χ3v) is 4.78. The average molecular weight is 356 g/mol. The third-order valence-electron chi connectivity index (χ3n) is 3.81. The van der Waals surface area contributed by atoms with E-state index >= 15 is 0 Å². The SMILES string of the molecule is CC(C)CC(Br)C1CCC(OC(CN)c2ccccc2)O1. The van der Waals surface area contributed by atoms with Gasteiger partial charge < -0.3 is 15.2 Å². The summed E-state index contributed by atoms with van der Waals surface area (Å²) in [6, 6.07) is 10.1. The van der Waals surface area contributed by atoms with Crippen LogP contribution in [0.15, 0.2) is 30.3 Å². The number of alkyl halides is 1. The molecule has 1 fully saturated rings. The maximum Gasteiger partial charge on any atom is 0.159 e. The first-order chi connectivity index (χ1) is 10.1. The fourth-order valence-electron chi connectivity index (χ4n) is 2.72. The van der Waals surface area contributed by atoms with E-state index in [-0.39, 0.29) is 18.5 Å². The van der Waals surface area contributed by atoms with E-state index in [1.807, 2.05) is 18.2 Å². The van der Waals surface area contributed by atoms with E-state index in [0.29, 0.717) is 17.3 Å². The summed E-state index contributed by atoms with van der Waals surface area (Å²) < 4.78 is 12.1. The summed E-state index contributed by atoms with van der Waals surface area (Å²) in [5, 5.41) is 0. The Balaban J connectivity index is 1.86. The molecule has 1 aliphatic heterocycles. The lowest BCUT2D eigenvalue weighted by Gasteiger charge is -2.23. The molecule has 0 radical (unpaired) electrons. The lowest BCUT2D eigenvalue weighted by Crippen LogP contribution is -2.26. The van der Waals surface area contributed by atoms with Crippen molar-refractivity contribution in [2.24, 2.45) is 11.7 Å². The molecule has 21 heavy (non-hydrogen) atoms. The van der Waals surface area contributed by atoms with E-state index in [2.05, 4.69) is 41.9 Å². The van der Waals surface area contributed by atoms with Crippen molar-refractivity contribution >= 4 is 15.9 Å². The van der Waals surface area contributed by atoms with Gasteiger partial charge in [-0.3, -0.25) is 0 Å². The Morgan fingerprint density at radius 3 is 2.62 bits per heavy atom. The van der Waals surface area contributed by atoms with Crippen molar-refractivity contribution in [2.45, 2.75) is 56.4 Å². The maximum atomic E-state index is 6.06. The molecule has 4 unspecified atom stereocenters. The van der Waals surface area contributed by atoms with Gasteiger partial charge in [-0.05, 0) is 24.3 Å². The number of hydrogen-bond acceptors (Lipinski definition) is 3. The molecule has 0 spiro atoms. The molecule has 1 saturated heterocycles. The zero-order valence-electron chi connectivity index (χ0n) is 12.9. The van der Waals surface area contributed by atoms with Crippen LogP contribution in [0.5, 0.6) is 0 Å². The van der Waals surface area contributed by atoms with Gasteiger partial charge in [-0.25, -0.2) is 0 Å². The Bertz CT molecular complexity index is 413. The largest absolute Gasteiger partial charge is 0.348 e. The monoisotopic (exact) mass is 355 g/mol. The number of hydrogen-bond donors (Lipinski definition) is 1. The Morgan fingerprint density at radius 2 is 2.00 bits per heavy atom. The van der Waals surface area contributed by atoms with Gasteiger partial charge in [-0.2, -0.15) is 0 Å². The van der Waals surface area contributed by atoms with Crippen molar-refractivity contribution in [3.63, 3.8) is 0 Å². The minimum Gasteiger partial charge on any atom is -0.348 e. The van der Waals surface area contributed by atoms with Crippen molar-refractivity contribution in [1.82, 2.24) is 0 Å². The highest BCUT2D eigenvalue weighted by Gasteiger charge is 2.32. The number of ether oxygens (including phenoxy) is 2. The average Bonchev–Trinajstić information content (AvgIpc) is 2.93. The van der Waals surface area contributed by atoms with Crippen LogP contribution >= 0.6 is 15.9 Å². The first-order valence-corrected chi connectivity index (χ1v) is 8.71. The summed E-state index contributed by atoms with van der Waals surface area (Å²) in [7, 11) is 0. The van der Waals surface area contributed by atoms with E-state index < -0.39 is 0 Å². The minimum absolute atomic E-state index is 0.0891. The van der Waals surface area contributed by atoms with Gasteiger partial charge >= 0.3 is 0 Å². The molecule has 1 aliphatic rings. The topological polar surface area (TPSA) is 44.5 Å². The molecule has 0 amide bonds. The van der Waals surface area contributed by atoms with Crippen LogP contribution in [0.3, 0.4) is 0 Å². The summed E-state index contributed by atoms with van der Waals surface area (Å²) >= 11 is 3.76. The van der Waals surface area contributed by atoms with Crippen LogP contribution in [-0.2, 0) is 9.47 Å². The molecule has 0 saturated carbocycles. The summed E-state index contributed by atoms with van der Waals surface area (Å²) in [4.78, 5) is 0.402. The van der Waals surface area contributed by atoms with Crippen molar-refractivity contribution < 1.29 is 9.47 Å². The van der Waals surface area contributed by atoms with Crippen LogP contribution in [0.1, 0.15) is 44.8 Å². The van der Waals surface area contributed by atoms with Gasteiger partial charge in [-0.1, -0.05) is 60.1 Å². The van der Waals surface area contributed by atoms with E-state index in [9.17, 15) is 0 Å². The van der Waals surface area contributed by atoms with E-state index in [1.165, 1.54) is 0 Å². The lowest BCUT2D eigenvalue weighted by molar-refractivity contribution is -0.161. The van der Waals surface area contributed by atoms with Crippen LogP contribution < -0.4 is 5.73 Å². The zero-order chi connectivity index (χ0) is 15.2. The van der Waals surface area contributed by atoms with E-state index in [1.54, 1.807) is 0 Å². The second kappa shape index (κ2) is 8.28. The highest BCUT2D eigenvalue weighted by molar-refractivity contribution is 9.09. The molecule has 1 aromatic rings. The zero-order valence-corrected chi connectivity index (χ0v) is 14.5. The molecule has 4 heteroatoms. The standard InChI is InChI=1S/C17H26BrNO2/c1-12(2)10-14(18)15-8-9-17(20-15)21-16(11-19)13-6-4-3-5-7-13/h3-7,12,14-17H,8-11,19H2,1-2H3. The van der Waals surface area contributed by atoms with Gasteiger partial charge in [0.15, 0.2) is 6.29 Å². The van der Waals surface area contributed by atoms with Gasteiger partial charge in [0.25, 0.3) is 0 Å². The quantitative estimate of drug-likeness (QED) is 0.751.